The Balaban J connectivity index is 1.94. The second-order valence-corrected chi connectivity index (χ2v) is 7.55. The average molecular weight is 346 g/mol. The standard InChI is InChI=1S/C19H22O4S/c1-19(17(20)4-5-18(19)21)8-6-12-7-9-24-16-11-15(23-3)14(22-2)10-13(12)16/h6,10-11H,4-5,7-9H2,1-3H3. The lowest BCUT2D eigenvalue weighted by atomic mass is 9.82. The molecule has 24 heavy (non-hydrogen) atoms. The Hall–Kier alpha value is -1.75. The molecule has 1 saturated carbocycles. The molecule has 4 nitrogen and oxygen atoms in total. The first kappa shape index (κ1) is 17.1. The Morgan fingerprint density at radius 1 is 1.08 bits per heavy atom. The number of hydrogen-bond donors (Lipinski definition) is 0. The van der Waals surface area contributed by atoms with Crippen LogP contribution >= 0.6 is 11.8 Å². The largest absolute Gasteiger partial charge is 0.493 e. The van der Waals surface area contributed by atoms with Gasteiger partial charge in [-0.25, -0.2) is 0 Å². The number of benzene rings is 1. The van der Waals surface area contributed by atoms with E-state index in [0.717, 1.165) is 28.4 Å². The second-order valence-electron chi connectivity index (χ2n) is 6.41. The average Bonchev–Trinajstić information content (AvgIpc) is 2.86. The summed E-state index contributed by atoms with van der Waals surface area (Å²) in [5.41, 5.74) is 1.46. The van der Waals surface area contributed by atoms with Crippen LogP contribution in [0.4, 0.5) is 0 Å². The molecule has 0 radical (unpaired) electrons. The molecule has 0 saturated heterocycles. The Kier molecular flexibility index (Phi) is 4.72. The van der Waals surface area contributed by atoms with E-state index in [4.69, 9.17) is 9.47 Å². The van der Waals surface area contributed by atoms with Crippen LogP contribution in [-0.2, 0) is 9.59 Å². The second kappa shape index (κ2) is 6.63. The highest BCUT2D eigenvalue weighted by atomic mass is 32.2. The number of carbonyl (C=O) groups excluding carboxylic acids is 2. The summed E-state index contributed by atoms with van der Waals surface area (Å²) in [5, 5.41) is 0. The molecule has 3 rings (SSSR count). The molecule has 0 aromatic heterocycles. The van der Waals surface area contributed by atoms with E-state index in [0.29, 0.717) is 25.0 Å². The van der Waals surface area contributed by atoms with Gasteiger partial charge in [0.1, 0.15) is 11.6 Å². The number of ether oxygens (including phenoxy) is 2. The Labute approximate surface area is 146 Å². The van der Waals surface area contributed by atoms with Gasteiger partial charge in [-0.1, -0.05) is 6.08 Å². The van der Waals surface area contributed by atoms with E-state index in [2.05, 4.69) is 6.08 Å². The van der Waals surface area contributed by atoms with Crippen LogP contribution in [0.5, 0.6) is 11.5 Å². The molecule has 1 fully saturated rings. The Morgan fingerprint density at radius 3 is 2.33 bits per heavy atom. The predicted octanol–water partition coefficient (Wildman–Crippen LogP) is 3.91. The molecule has 1 aromatic rings. The van der Waals surface area contributed by atoms with Crippen LogP contribution in [0.3, 0.4) is 0 Å². The molecule has 1 aliphatic heterocycles. The number of fused-ring (bicyclic) bond motifs is 1. The predicted molar refractivity (Wildman–Crippen MR) is 94.8 cm³/mol. The quantitative estimate of drug-likeness (QED) is 0.774. The first-order valence-electron chi connectivity index (χ1n) is 8.14. The van der Waals surface area contributed by atoms with Crippen molar-refractivity contribution in [2.45, 2.75) is 37.5 Å². The minimum atomic E-state index is -0.839. The maximum absolute atomic E-state index is 12.1. The van der Waals surface area contributed by atoms with Gasteiger partial charge in [-0.05, 0) is 43.0 Å². The van der Waals surface area contributed by atoms with E-state index in [1.165, 1.54) is 5.57 Å². The lowest BCUT2D eigenvalue weighted by Crippen LogP contribution is -2.28. The number of rotatable bonds is 4. The third-order valence-corrected chi connectivity index (χ3v) is 6.08. The van der Waals surface area contributed by atoms with E-state index >= 15 is 0 Å². The summed E-state index contributed by atoms with van der Waals surface area (Å²) in [6.07, 6.45) is 4.25. The number of Topliss-reactive ketones (excluding diaryl/α,β-unsaturated/α-hetero) is 2. The number of carbonyl (C=O) groups is 2. The van der Waals surface area contributed by atoms with Gasteiger partial charge in [-0.3, -0.25) is 9.59 Å². The molecule has 128 valence electrons. The van der Waals surface area contributed by atoms with Crippen molar-refractivity contribution in [3.63, 3.8) is 0 Å². The molecule has 1 aliphatic carbocycles. The molecule has 0 atom stereocenters. The fourth-order valence-corrected chi connectivity index (χ4v) is 4.42. The lowest BCUT2D eigenvalue weighted by molar-refractivity contribution is -0.133. The maximum atomic E-state index is 12.1. The molecule has 5 heteroatoms. The number of hydrogen-bond acceptors (Lipinski definition) is 5. The van der Waals surface area contributed by atoms with E-state index in [9.17, 15) is 9.59 Å². The van der Waals surface area contributed by atoms with Gasteiger partial charge in [0, 0.05) is 23.5 Å². The first-order chi connectivity index (χ1) is 11.5. The van der Waals surface area contributed by atoms with E-state index < -0.39 is 5.41 Å². The van der Waals surface area contributed by atoms with Gasteiger partial charge in [0.2, 0.25) is 0 Å². The Morgan fingerprint density at radius 2 is 1.71 bits per heavy atom. The number of ketones is 2. The molecular weight excluding hydrogens is 324 g/mol. The molecule has 0 N–H and O–H groups in total. The van der Waals surface area contributed by atoms with Crippen LogP contribution in [0.1, 0.15) is 38.2 Å². The van der Waals surface area contributed by atoms with Crippen molar-refractivity contribution >= 4 is 28.9 Å². The fourth-order valence-electron chi connectivity index (χ4n) is 3.34. The highest BCUT2D eigenvalue weighted by Crippen LogP contribution is 2.44. The van der Waals surface area contributed by atoms with Crippen molar-refractivity contribution in [1.82, 2.24) is 0 Å². The number of allylic oxidation sites excluding steroid dienone is 2. The van der Waals surface area contributed by atoms with E-state index in [1.807, 2.05) is 12.1 Å². The molecule has 0 bridgehead atoms. The normalized spacial score (nSPS) is 21.0. The van der Waals surface area contributed by atoms with Crippen molar-refractivity contribution in [2.75, 3.05) is 20.0 Å². The van der Waals surface area contributed by atoms with Crippen molar-refractivity contribution in [3.05, 3.63) is 23.8 Å². The van der Waals surface area contributed by atoms with Crippen LogP contribution in [0.25, 0.3) is 5.57 Å². The van der Waals surface area contributed by atoms with E-state index in [-0.39, 0.29) is 11.6 Å². The zero-order valence-corrected chi connectivity index (χ0v) is 15.1. The summed E-state index contributed by atoms with van der Waals surface area (Å²) in [6, 6.07) is 3.99. The molecular formula is C19H22O4S. The van der Waals surface area contributed by atoms with Gasteiger partial charge in [0.05, 0.1) is 19.6 Å². The van der Waals surface area contributed by atoms with Crippen molar-refractivity contribution in [2.24, 2.45) is 5.41 Å². The summed E-state index contributed by atoms with van der Waals surface area (Å²) in [7, 11) is 3.26. The Bertz CT molecular complexity index is 704. The SMILES string of the molecule is COc1cc2c(cc1OC)C(=CCC1(C)C(=O)CCC1=O)CCS2. The summed E-state index contributed by atoms with van der Waals surface area (Å²) in [5.74, 6) is 2.54. The summed E-state index contributed by atoms with van der Waals surface area (Å²) < 4.78 is 10.8. The first-order valence-corrected chi connectivity index (χ1v) is 9.13. The lowest BCUT2D eigenvalue weighted by Gasteiger charge is -2.23. The van der Waals surface area contributed by atoms with Crippen LogP contribution in [0.15, 0.2) is 23.1 Å². The number of methoxy groups -OCH3 is 2. The van der Waals surface area contributed by atoms with Gasteiger partial charge in [0.15, 0.2) is 11.5 Å². The summed E-state index contributed by atoms with van der Waals surface area (Å²) in [6.45, 7) is 1.79. The van der Waals surface area contributed by atoms with Crippen molar-refractivity contribution in [3.8, 4) is 11.5 Å². The van der Waals surface area contributed by atoms with Crippen LogP contribution < -0.4 is 9.47 Å². The molecule has 0 amide bonds. The van der Waals surface area contributed by atoms with Crippen molar-refractivity contribution in [1.29, 1.82) is 0 Å². The zero-order chi connectivity index (χ0) is 17.3. The maximum Gasteiger partial charge on any atom is 0.161 e. The summed E-state index contributed by atoms with van der Waals surface area (Å²) in [4.78, 5) is 25.4. The molecule has 0 spiro atoms. The van der Waals surface area contributed by atoms with Crippen molar-refractivity contribution < 1.29 is 19.1 Å². The van der Waals surface area contributed by atoms with Crippen LogP contribution in [0.2, 0.25) is 0 Å². The van der Waals surface area contributed by atoms with Gasteiger partial charge >= 0.3 is 0 Å². The molecule has 0 unspecified atom stereocenters. The van der Waals surface area contributed by atoms with Crippen LogP contribution in [-0.4, -0.2) is 31.5 Å². The third kappa shape index (κ3) is 2.86. The molecule has 1 heterocycles. The van der Waals surface area contributed by atoms with E-state index in [1.54, 1.807) is 32.9 Å². The zero-order valence-electron chi connectivity index (χ0n) is 14.3. The fraction of sp³-hybridized carbons (Fsp3) is 0.474. The van der Waals surface area contributed by atoms with Gasteiger partial charge in [-0.15, -0.1) is 11.8 Å². The van der Waals surface area contributed by atoms with Gasteiger partial charge in [-0.2, -0.15) is 0 Å². The third-order valence-electron chi connectivity index (χ3n) is 5.03. The van der Waals surface area contributed by atoms with Crippen LogP contribution in [0, 0.1) is 5.41 Å². The smallest absolute Gasteiger partial charge is 0.161 e. The summed E-state index contributed by atoms with van der Waals surface area (Å²) >= 11 is 1.79. The van der Waals surface area contributed by atoms with Gasteiger partial charge < -0.3 is 9.47 Å². The minimum absolute atomic E-state index is 0.0714. The van der Waals surface area contributed by atoms with Gasteiger partial charge in [0.25, 0.3) is 0 Å². The highest BCUT2D eigenvalue weighted by Gasteiger charge is 2.44. The highest BCUT2D eigenvalue weighted by molar-refractivity contribution is 7.99. The minimum Gasteiger partial charge on any atom is -0.493 e. The molecule has 1 aromatic carbocycles. The molecule has 2 aliphatic rings. The monoisotopic (exact) mass is 346 g/mol. The topological polar surface area (TPSA) is 52.6 Å². The number of thioether (sulfide) groups is 1.